The van der Waals surface area contributed by atoms with Crippen molar-refractivity contribution in [2.75, 3.05) is 13.7 Å². The van der Waals surface area contributed by atoms with Crippen LogP contribution in [-0.4, -0.2) is 29.6 Å². The molecule has 0 atom stereocenters. The SMILES string of the molecule is CCOc1ccccc1/C=C1/NC(=S)N(C)C1=O. The number of benzene rings is 1. The number of hydrogen-bond acceptors (Lipinski definition) is 3. The second kappa shape index (κ2) is 5.18. The Bertz CT molecular complexity index is 525. The first-order valence-electron chi connectivity index (χ1n) is 5.66. The highest BCUT2D eigenvalue weighted by Crippen LogP contribution is 2.22. The van der Waals surface area contributed by atoms with Crippen molar-refractivity contribution in [2.24, 2.45) is 0 Å². The second-order valence-corrected chi connectivity index (χ2v) is 4.21. The maximum Gasteiger partial charge on any atom is 0.276 e. The lowest BCUT2D eigenvalue weighted by Gasteiger charge is -2.07. The van der Waals surface area contributed by atoms with Crippen molar-refractivity contribution in [3.63, 3.8) is 0 Å². The number of thiocarbonyl (C=S) groups is 1. The summed E-state index contributed by atoms with van der Waals surface area (Å²) in [5, 5.41) is 3.30. The minimum atomic E-state index is -0.133. The van der Waals surface area contributed by atoms with Gasteiger partial charge in [-0.15, -0.1) is 0 Å². The van der Waals surface area contributed by atoms with Gasteiger partial charge in [-0.2, -0.15) is 0 Å². The highest BCUT2D eigenvalue weighted by atomic mass is 32.1. The van der Waals surface area contributed by atoms with Crippen LogP contribution >= 0.6 is 12.2 Å². The maximum absolute atomic E-state index is 11.9. The van der Waals surface area contributed by atoms with Gasteiger partial charge in [-0.1, -0.05) is 18.2 Å². The lowest BCUT2D eigenvalue weighted by Crippen LogP contribution is -2.25. The van der Waals surface area contributed by atoms with E-state index in [0.29, 0.717) is 17.4 Å². The molecule has 94 valence electrons. The number of carbonyl (C=O) groups is 1. The van der Waals surface area contributed by atoms with Crippen LogP contribution in [0.5, 0.6) is 5.75 Å². The highest BCUT2D eigenvalue weighted by Gasteiger charge is 2.27. The van der Waals surface area contributed by atoms with Crippen molar-refractivity contribution in [1.29, 1.82) is 0 Å². The van der Waals surface area contributed by atoms with E-state index in [4.69, 9.17) is 17.0 Å². The molecule has 1 aromatic carbocycles. The van der Waals surface area contributed by atoms with E-state index in [1.807, 2.05) is 31.2 Å². The zero-order valence-corrected chi connectivity index (χ0v) is 11.1. The first-order valence-corrected chi connectivity index (χ1v) is 6.07. The van der Waals surface area contributed by atoms with Crippen LogP contribution in [0.2, 0.25) is 0 Å². The van der Waals surface area contributed by atoms with Gasteiger partial charge in [0.1, 0.15) is 11.4 Å². The van der Waals surface area contributed by atoms with E-state index < -0.39 is 0 Å². The zero-order chi connectivity index (χ0) is 13.1. The number of hydrogen-bond donors (Lipinski definition) is 1. The van der Waals surface area contributed by atoms with Gasteiger partial charge in [-0.3, -0.25) is 9.69 Å². The molecule has 1 saturated heterocycles. The molecule has 4 nitrogen and oxygen atoms in total. The molecule has 1 aliphatic rings. The van der Waals surface area contributed by atoms with Gasteiger partial charge >= 0.3 is 0 Å². The average molecular weight is 262 g/mol. The van der Waals surface area contributed by atoms with Crippen LogP contribution < -0.4 is 10.1 Å². The number of para-hydroxylation sites is 1. The number of carbonyl (C=O) groups excluding carboxylic acids is 1. The predicted octanol–water partition coefficient (Wildman–Crippen LogP) is 1.77. The molecular weight excluding hydrogens is 248 g/mol. The van der Waals surface area contributed by atoms with Crippen LogP contribution in [0.3, 0.4) is 0 Å². The molecule has 1 N–H and O–H groups in total. The van der Waals surface area contributed by atoms with Crippen LogP contribution in [0.4, 0.5) is 0 Å². The largest absolute Gasteiger partial charge is 0.493 e. The number of likely N-dealkylation sites (N-methyl/N-ethyl adjacent to an activating group) is 1. The van der Waals surface area contributed by atoms with Crippen LogP contribution in [0.25, 0.3) is 6.08 Å². The summed E-state index contributed by atoms with van der Waals surface area (Å²) in [4.78, 5) is 13.3. The summed E-state index contributed by atoms with van der Waals surface area (Å²) in [5.41, 5.74) is 1.32. The molecular formula is C13H14N2O2S. The lowest BCUT2D eigenvalue weighted by molar-refractivity contribution is -0.121. The highest BCUT2D eigenvalue weighted by molar-refractivity contribution is 7.80. The van der Waals surface area contributed by atoms with Gasteiger partial charge in [0.15, 0.2) is 5.11 Å². The van der Waals surface area contributed by atoms with Crippen LogP contribution in [0, 0.1) is 0 Å². The van der Waals surface area contributed by atoms with Crippen LogP contribution in [-0.2, 0) is 4.79 Å². The zero-order valence-electron chi connectivity index (χ0n) is 10.3. The fraction of sp³-hybridized carbons (Fsp3) is 0.231. The maximum atomic E-state index is 11.9. The average Bonchev–Trinajstić information content (AvgIpc) is 2.60. The van der Waals surface area contributed by atoms with E-state index in [9.17, 15) is 4.79 Å². The fourth-order valence-corrected chi connectivity index (χ4v) is 1.86. The quantitative estimate of drug-likeness (QED) is 0.666. The molecule has 1 amide bonds. The number of rotatable bonds is 3. The molecule has 0 aromatic heterocycles. The molecule has 5 heteroatoms. The Morgan fingerprint density at radius 2 is 2.17 bits per heavy atom. The molecule has 18 heavy (non-hydrogen) atoms. The lowest BCUT2D eigenvalue weighted by atomic mass is 10.1. The normalized spacial score (nSPS) is 17.2. The van der Waals surface area contributed by atoms with Crippen molar-refractivity contribution in [2.45, 2.75) is 6.92 Å². The first-order chi connectivity index (χ1) is 8.63. The second-order valence-electron chi connectivity index (χ2n) is 3.82. The van der Waals surface area contributed by atoms with Crippen molar-refractivity contribution >= 4 is 29.3 Å². The topological polar surface area (TPSA) is 41.6 Å². The summed E-state index contributed by atoms with van der Waals surface area (Å²) in [7, 11) is 1.65. The summed E-state index contributed by atoms with van der Waals surface area (Å²) in [6, 6.07) is 7.57. The third-order valence-corrected chi connectivity index (χ3v) is 2.98. The van der Waals surface area contributed by atoms with E-state index in [1.165, 1.54) is 4.90 Å². The third-order valence-electron chi connectivity index (χ3n) is 2.60. The Morgan fingerprint density at radius 3 is 2.78 bits per heavy atom. The molecule has 0 bridgehead atoms. The van der Waals surface area contributed by atoms with Gasteiger partial charge in [0.25, 0.3) is 5.91 Å². The molecule has 1 aromatic rings. The minimum Gasteiger partial charge on any atom is -0.493 e. The van der Waals surface area contributed by atoms with E-state index in [2.05, 4.69) is 5.32 Å². The summed E-state index contributed by atoms with van der Waals surface area (Å²) < 4.78 is 5.51. The molecule has 1 aliphatic heterocycles. The minimum absolute atomic E-state index is 0.133. The number of nitrogens with one attached hydrogen (secondary N) is 1. The third kappa shape index (κ3) is 2.36. The molecule has 2 rings (SSSR count). The van der Waals surface area contributed by atoms with Crippen LogP contribution in [0.1, 0.15) is 12.5 Å². The Labute approximate surface area is 111 Å². The predicted molar refractivity (Wildman–Crippen MR) is 74.1 cm³/mol. The van der Waals surface area contributed by atoms with E-state index in [1.54, 1.807) is 13.1 Å². The fourth-order valence-electron chi connectivity index (χ4n) is 1.67. The van der Waals surface area contributed by atoms with Gasteiger partial charge in [0.05, 0.1) is 6.61 Å². The van der Waals surface area contributed by atoms with Crippen LogP contribution in [0.15, 0.2) is 30.0 Å². The van der Waals surface area contributed by atoms with Crippen molar-refractivity contribution < 1.29 is 9.53 Å². The molecule has 1 heterocycles. The van der Waals surface area contributed by atoms with Gasteiger partial charge in [0, 0.05) is 12.6 Å². The summed E-state index contributed by atoms with van der Waals surface area (Å²) >= 11 is 5.02. The monoisotopic (exact) mass is 262 g/mol. The van der Waals surface area contributed by atoms with Crippen molar-refractivity contribution in [3.05, 3.63) is 35.5 Å². The first kappa shape index (κ1) is 12.6. The number of nitrogens with zero attached hydrogens (tertiary/aromatic N) is 1. The Kier molecular flexibility index (Phi) is 3.62. The van der Waals surface area contributed by atoms with E-state index in [0.717, 1.165) is 11.3 Å². The summed E-state index contributed by atoms with van der Waals surface area (Å²) in [6.07, 6.45) is 1.75. The van der Waals surface area contributed by atoms with Gasteiger partial charge in [0.2, 0.25) is 0 Å². The van der Waals surface area contributed by atoms with E-state index >= 15 is 0 Å². The molecule has 0 saturated carbocycles. The van der Waals surface area contributed by atoms with Gasteiger partial charge < -0.3 is 10.1 Å². The Morgan fingerprint density at radius 1 is 1.44 bits per heavy atom. The number of amides is 1. The molecule has 0 radical (unpaired) electrons. The van der Waals surface area contributed by atoms with E-state index in [-0.39, 0.29) is 5.91 Å². The Hall–Kier alpha value is -1.88. The molecule has 1 fully saturated rings. The molecule has 0 aliphatic carbocycles. The van der Waals surface area contributed by atoms with Crippen molar-refractivity contribution in [1.82, 2.24) is 10.2 Å². The molecule has 0 unspecified atom stereocenters. The molecule has 0 spiro atoms. The van der Waals surface area contributed by atoms with Gasteiger partial charge in [-0.05, 0) is 31.3 Å². The number of ether oxygens (including phenoxy) is 1. The van der Waals surface area contributed by atoms with Crippen molar-refractivity contribution in [3.8, 4) is 5.75 Å². The summed E-state index contributed by atoms with van der Waals surface area (Å²) in [6.45, 7) is 2.51. The van der Waals surface area contributed by atoms with Gasteiger partial charge in [-0.25, -0.2) is 0 Å². The Balaban J connectivity index is 2.34. The standard InChI is InChI=1S/C13H14N2O2S/c1-3-17-11-7-5-4-6-9(11)8-10-12(16)15(2)13(18)14-10/h4-8H,3H2,1-2H3,(H,14,18)/b10-8+. The summed E-state index contributed by atoms with van der Waals surface area (Å²) in [5.74, 6) is 0.619. The smallest absolute Gasteiger partial charge is 0.276 e.